The van der Waals surface area contributed by atoms with Crippen molar-refractivity contribution in [1.29, 1.82) is 0 Å². The highest BCUT2D eigenvalue weighted by molar-refractivity contribution is 5.40. The Hall–Kier alpha value is -2.08. The van der Waals surface area contributed by atoms with Crippen LogP contribution >= 0.6 is 0 Å². The summed E-state index contributed by atoms with van der Waals surface area (Å²) in [5, 5.41) is 14.5. The maximum atomic E-state index is 10.8. The Bertz CT molecular complexity index is 765. The summed E-state index contributed by atoms with van der Waals surface area (Å²) in [5.41, 5.74) is 2.15. The van der Waals surface area contributed by atoms with Crippen LogP contribution in [0.2, 0.25) is 0 Å². The molecule has 0 aromatic heterocycles. The second kappa shape index (κ2) is 8.30. The predicted octanol–water partition coefficient (Wildman–Crippen LogP) is 3.25. The molecule has 5 nitrogen and oxygen atoms in total. The summed E-state index contributed by atoms with van der Waals surface area (Å²) in [6, 6.07) is 16.1. The molecule has 4 rings (SSSR count). The van der Waals surface area contributed by atoms with Crippen LogP contribution in [-0.2, 0) is 4.74 Å². The Kier molecular flexibility index (Phi) is 5.62. The van der Waals surface area contributed by atoms with E-state index in [1.165, 1.54) is 0 Å². The van der Waals surface area contributed by atoms with Gasteiger partial charge in [0.1, 0.15) is 24.7 Å². The van der Waals surface area contributed by atoms with Crippen LogP contribution in [0.3, 0.4) is 0 Å². The first-order chi connectivity index (χ1) is 13.2. The van der Waals surface area contributed by atoms with E-state index in [-0.39, 0.29) is 18.0 Å². The van der Waals surface area contributed by atoms with Crippen molar-refractivity contribution in [1.82, 2.24) is 5.32 Å². The van der Waals surface area contributed by atoms with Gasteiger partial charge in [0.05, 0.1) is 19.3 Å². The van der Waals surface area contributed by atoms with Gasteiger partial charge in [-0.25, -0.2) is 0 Å². The first kappa shape index (κ1) is 18.3. The quantitative estimate of drug-likeness (QED) is 0.747. The highest BCUT2D eigenvalue weighted by Crippen LogP contribution is 2.41. The van der Waals surface area contributed by atoms with Crippen LogP contribution < -0.4 is 14.8 Å². The molecule has 2 heterocycles. The SMILES string of the molecule is C[C@@H]1[C@@H]2N[C@H](C[C@@H]1O)c1ccccc1OCCOCCOc1ccccc12. The van der Waals surface area contributed by atoms with Crippen LogP contribution in [0, 0.1) is 5.92 Å². The molecular formula is C22H27NO4. The Morgan fingerprint density at radius 2 is 1.44 bits per heavy atom. The van der Waals surface area contributed by atoms with Gasteiger partial charge in [0.2, 0.25) is 0 Å². The number of hydrogen-bond donors (Lipinski definition) is 2. The average molecular weight is 369 g/mol. The number of para-hydroxylation sites is 2. The molecule has 2 aromatic rings. The fourth-order valence-electron chi connectivity index (χ4n) is 4.00. The van der Waals surface area contributed by atoms with Gasteiger partial charge in [-0.3, -0.25) is 0 Å². The summed E-state index contributed by atoms with van der Waals surface area (Å²) >= 11 is 0. The third-order valence-electron chi connectivity index (χ3n) is 5.51. The second-order valence-corrected chi connectivity index (χ2v) is 7.24. The van der Waals surface area contributed by atoms with Gasteiger partial charge >= 0.3 is 0 Å². The number of nitrogens with one attached hydrogen (secondary N) is 1. The largest absolute Gasteiger partial charge is 0.491 e. The fraction of sp³-hybridized carbons (Fsp3) is 0.455. The number of ether oxygens (including phenoxy) is 3. The number of piperidine rings is 1. The maximum Gasteiger partial charge on any atom is 0.124 e. The molecule has 0 saturated carbocycles. The second-order valence-electron chi connectivity index (χ2n) is 7.24. The molecule has 2 bridgehead atoms. The highest BCUT2D eigenvalue weighted by atomic mass is 16.5. The zero-order chi connectivity index (χ0) is 18.6. The Labute approximate surface area is 160 Å². The third-order valence-corrected chi connectivity index (χ3v) is 5.51. The normalized spacial score (nSPS) is 28.7. The lowest BCUT2D eigenvalue weighted by Gasteiger charge is -2.40. The van der Waals surface area contributed by atoms with Crippen molar-refractivity contribution < 1.29 is 19.3 Å². The Morgan fingerprint density at radius 3 is 2.15 bits per heavy atom. The van der Waals surface area contributed by atoms with E-state index in [4.69, 9.17) is 14.2 Å². The van der Waals surface area contributed by atoms with E-state index in [1.54, 1.807) is 0 Å². The number of aliphatic hydroxyl groups excluding tert-OH is 1. The van der Waals surface area contributed by atoms with Gasteiger partial charge in [0, 0.05) is 29.1 Å². The number of fused-ring (bicyclic) bond motifs is 6. The van der Waals surface area contributed by atoms with Crippen LogP contribution in [-0.4, -0.2) is 37.6 Å². The standard InChI is InChI=1S/C22H27NO4/c1-15-19(24)14-18-16-6-2-4-8-20(16)26-12-10-25-11-13-27-21-9-5-3-7-17(21)22(15)23-18/h2-9,15,18-19,22-24H,10-14H2,1H3/t15-,18+,19-,22-/m0/s1. The summed E-state index contributed by atoms with van der Waals surface area (Å²) in [4.78, 5) is 0. The van der Waals surface area contributed by atoms with E-state index in [1.807, 2.05) is 36.4 Å². The number of benzene rings is 2. The molecule has 144 valence electrons. The van der Waals surface area contributed by atoms with Crippen molar-refractivity contribution in [3.63, 3.8) is 0 Å². The molecule has 27 heavy (non-hydrogen) atoms. The van der Waals surface area contributed by atoms with Gasteiger partial charge < -0.3 is 24.6 Å². The van der Waals surface area contributed by atoms with Crippen LogP contribution in [0.5, 0.6) is 11.5 Å². The molecule has 2 aliphatic heterocycles. The minimum Gasteiger partial charge on any atom is -0.491 e. The molecule has 0 radical (unpaired) electrons. The monoisotopic (exact) mass is 369 g/mol. The lowest BCUT2D eigenvalue weighted by Crippen LogP contribution is -2.43. The van der Waals surface area contributed by atoms with Gasteiger partial charge in [0.15, 0.2) is 0 Å². The van der Waals surface area contributed by atoms with Crippen molar-refractivity contribution in [3.8, 4) is 11.5 Å². The summed E-state index contributed by atoms with van der Waals surface area (Å²) in [6.45, 7) is 4.09. The van der Waals surface area contributed by atoms with Crippen molar-refractivity contribution >= 4 is 0 Å². The van der Waals surface area contributed by atoms with Gasteiger partial charge in [-0.05, 0) is 18.6 Å². The summed E-state index contributed by atoms with van der Waals surface area (Å²) in [6.07, 6.45) is 0.246. The maximum absolute atomic E-state index is 10.8. The molecule has 2 N–H and O–H groups in total. The van der Waals surface area contributed by atoms with Crippen LogP contribution in [0.25, 0.3) is 0 Å². The minimum atomic E-state index is -0.404. The molecule has 5 heteroatoms. The molecule has 1 saturated heterocycles. The molecule has 4 atom stereocenters. The van der Waals surface area contributed by atoms with Crippen molar-refractivity contribution in [2.24, 2.45) is 5.92 Å². The molecule has 0 unspecified atom stereocenters. The summed E-state index contributed by atoms with van der Waals surface area (Å²) < 4.78 is 17.6. The number of aliphatic hydroxyl groups is 1. The van der Waals surface area contributed by atoms with Gasteiger partial charge in [0.25, 0.3) is 0 Å². The van der Waals surface area contributed by atoms with E-state index < -0.39 is 6.10 Å². The lowest BCUT2D eigenvalue weighted by atomic mass is 9.80. The van der Waals surface area contributed by atoms with Crippen molar-refractivity contribution in [3.05, 3.63) is 59.7 Å². The lowest BCUT2D eigenvalue weighted by molar-refractivity contribution is 0.0365. The van der Waals surface area contributed by atoms with E-state index >= 15 is 0 Å². The van der Waals surface area contributed by atoms with Gasteiger partial charge in [-0.15, -0.1) is 0 Å². The molecule has 1 fully saturated rings. The third kappa shape index (κ3) is 3.95. The molecule has 2 aliphatic rings. The van der Waals surface area contributed by atoms with Crippen LogP contribution in [0.1, 0.15) is 36.6 Å². The number of rotatable bonds is 0. The van der Waals surface area contributed by atoms with E-state index in [0.717, 1.165) is 22.6 Å². The number of hydrogen-bond acceptors (Lipinski definition) is 5. The predicted molar refractivity (Wildman–Crippen MR) is 103 cm³/mol. The Balaban J connectivity index is 1.73. The molecule has 0 spiro atoms. The van der Waals surface area contributed by atoms with Crippen LogP contribution in [0.15, 0.2) is 48.5 Å². The van der Waals surface area contributed by atoms with Crippen molar-refractivity contribution in [2.75, 3.05) is 26.4 Å². The molecule has 2 aromatic carbocycles. The first-order valence-electron chi connectivity index (χ1n) is 9.69. The van der Waals surface area contributed by atoms with Gasteiger partial charge in [-0.2, -0.15) is 0 Å². The van der Waals surface area contributed by atoms with E-state index in [0.29, 0.717) is 32.8 Å². The summed E-state index contributed by atoms with van der Waals surface area (Å²) in [5.74, 6) is 1.77. The average Bonchev–Trinajstić information content (AvgIpc) is 2.69. The highest BCUT2D eigenvalue weighted by Gasteiger charge is 2.37. The summed E-state index contributed by atoms with van der Waals surface area (Å²) in [7, 11) is 0. The van der Waals surface area contributed by atoms with E-state index in [2.05, 4.69) is 24.4 Å². The van der Waals surface area contributed by atoms with Crippen LogP contribution in [0.4, 0.5) is 0 Å². The van der Waals surface area contributed by atoms with Gasteiger partial charge in [-0.1, -0.05) is 43.3 Å². The zero-order valence-electron chi connectivity index (χ0n) is 15.6. The molecular weight excluding hydrogens is 342 g/mol. The molecule has 0 aliphatic carbocycles. The zero-order valence-corrected chi connectivity index (χ0v) is 15.6. The smallest absolute Gasteiger partial charge is 0.124 e. The van der Waals surface area contributed by atoms with Crippen molar-refractivity contribution in [2.45, 2.75) is 31.5 Å². The first-order valence-corrected chi connectivity index (χ1v) is 9.69. The Morgan fingerprint density at radius 1 is 0.852 bits per heavy atom. The topological polar surface area (TPSA) is 60.0 Å². The minimum absolute atomic E-state index is 0.00753. The van der Waals surface area contributed by atoms with E-state index in [9.17, 15) is 5.11 Å². The molecule has 0 amide bonds. The fourth-order valence-corrected chi connectivity index (χ4v) is 4.00.